The topological polar surface area (TPSA) is 83.4 Å². The Labute approximate surface area is 175 Å². The molecule has 154 valence electrons. The highest BCUT2D eigenvalue weighted by Gasteiger charge is 2.25. The first kappa shape index (κ1) is 21.1. The molecule has 0 aliphatic heterocycles. The van der Waals surface area contributed by atoms with Gasteiger partial charge in [0.05, 0.1) is 25.1 Å². The summed E-state index contributed by atoms with van der Waals surface area (Å²) in [5.41, 5.74) is 3.26. The Balaban J connectivity index is 1.85. The molecular weight excluding hydrogens is 382 g/mol. The number of hydrogen-bond acceptors (Lipinski definition) is 7. The third-order valence-electron chi connectivity index (χ3n) is 4.45. The Kier molecular flexibility index (Phi) is 7.24. The number of carbonyl (C=O) groups is 1. The normalized spacial score (nSPS) is 12.0. The number of aromatic nitrogens is 3. The fourth-order valence-electron chi connectivity index (χ4n) is 2.90. The molecule has 2 heterocycles. The largest absolute Gasteiger partial charge is 0.468 e. The highest BCUT2D eigenvalue weighted by atomic mass is 16.5. The number of rotatable bonds is 8. The van der Waals surface area contributed by atoms with Crippen molar-refractivity contribution < 1.29 is 19.0 Å². The van der Waals surface area contributed by atoms with E-state index in [1.54, 1.807) is 18.3 Å². The standard InChI is InChI=1S/C23H23N3O4/c1-16-7-6-12-24-20(16)11-10-17-13-22(26-15-25-17)30-21-9-5-4-8-18(21)19(14-28-2)23(27)29-3/h4-13,15,19H,14H2,1-3H3. The summed E-state index contributed by atoms with van der Waals surface area (Å²) >= 11 is 0. The fraction of sp³-hybridized carbons (Fsp3) is 0.217. The summed E-state index contributed by atoms with van der Waals surface area (Å²) in [5.74, 6) is -0.149. The van der Waals surface area contributed by atoms with Gasteiger partial charge in [0.15, 0.2) is 0 Å². The van der Waals surface area contributed by atoms with E-state index in [2.05, 4.69) is 15.0 Å². The maximum atomic E-state index is 12.2. The van der Waals surface area contributed by atoms with Crippen LogP contribution in [0.3, 0.4) is 0 Å². The Morgan fingerprint density at radius 3 is 2.67 bits per heavy atom. The third kappa shape index (κ3) is 5.27. The molecule has 7 heteroatoms. The molecule has 0 saturated heterocycles. The molecule has 1 aromatic carbocycles. The van der Waals surface area contributed by atoms with E-state index in [1.807, 2.05) is 49.4 Å². The molecule has 0 spiro atoms. The summed E-state index contributed by atoms with van der Waals surface area (Å²) in [7, 11) is 2.88. The van der Waals surface area contributed by atoms with Crippen LogP contribution in [-0.4, -0.2) is 41.7 Å². The molecule has 0 aliphatic rings. The minimum atomic E-state index is -0.607. The number of nitrogens with zero attached hydrogens (tertiary/aromatic N) is 3. The molecule has 3 aromatic rings. The van der Waals surface area contributed by atoms with Crippen molar-refractivity contribution in [3.63, 3.8) is 0 Å². The van der Waals surface area contributed by atoms with Crippen molar-refractivity contribution in [3.05, 3.63) is 77.5 Å². The number of methoxy groups -OCH3 is 2. The number of benzene rings is 1. The number of ether oxygens (including phenoxy) is 3. The smallest absolute Gasteiger partial charge is 0.315 e. The van der Waals surface area contributed by atoms with Crippen LogP contribution in [0.5, 0.6) is 11.6 Å². The highest BCUT2D eigenvalue weighted by Crippen LogP contribution is 2.31. The van der Waals surface area contributed by atoms with Gasteiger partial charge in [-0.1, -0.05) is 24.3 Å². The molecule has 0 bridgehead atoms. The highest BCUT2D eigenvalue weighted by molar-refractivity contribution is 5.79. The van der Waals surface area contributed by atoms with Gasteiger partial charge in [0.1, 0.15) is 18.0 Å². The number of aryl methyl sites for hydroxylation is 1. The van der Waals surface area contributed by atoms with Crippen LogP contribution < -0.4 is 4.74 Å². The zero-order chi connectivity index (χ0) is 21.3. The van der Waals surface area contributed by atoms with E-state index in [0.717, 1.165) is 11.3 Å². The number of hydrogen-bond donors (Lipinski definition) is 0. The summed E-state index contributed by atoms with van der Waals surface area (Å²) in [5, 5.41) is 0. The maximum Gasteiger partial charge on any atom is 0.315 e. The number of carbonyl (C=O) groups excluding carboxylic acids is 1. The number of pyridine rings is 1. The van der Waals surface area contributed by atoms with Crippen molar-refractivity contribution in [1.82, 2.24) is 15.0 Å². The van der Waals surface area contributed by atoms with Crippen LogP contribution in [0.2, 0.25) is 0 Å². The molecule has 7 nitrogen and oxygen atoms in total. The molecule has 30 heavy (non-hydrogen) atoms. The molecule has 2 aromatic heterocycles. The van der Waals surface area contributed by atoms with Crippen LogP contribution in [0, 0.1) is 6.92 Å². The maximum absolute atomic E-state index is 12.2. The Hall–Kier alpha value is -3.58. The quantitative estimate of drug-likeness (QED) is 0.523. The van der Waals surface area contributed by atoms with Crippen molar-refractivity contribution in [3.8, 4) is 11.6 Å². The van der Waals surface area contributed by atoms with Gasteiger partial charge in [-0.2, -0.15) is 0 Å². The van der Waals surface area contributed by atoms with Crippen LogP contribution in [0.1, 0.15) is 28.4 Å². The van der Waals surface area contributed by atoms with Gasteiger partial charge in [-0.25, -0.2) is 9.97 Å². The second-order valence-corrected chi connectivity index (χ2v) is 6.49. The zero-order valence-corrected chi connectivity index (χ0v) is 17.1. The molecule has 3 rings (SSSR count). The van der Waals surface area contributed by atoms with E-state index in [-0.39, 0.29) is 6.61 Å². The minimum absolute atomic E-state index is 0.175. The van der Waals surface area contributed by atoms with Gasteiger partial charge in [-0.15, -0.1) is 0 Å². The van der Waals surface area contributed by atoms with E-state index < -0.39 is 11.9 Å². The Bertz CT molecular complexity index is 1040. The molecular formula is C23H23N3O4. The first-order valence-electron chi connectivity index (χ1n) is 9.37. The van der Waals surface area contributed by atoms with E-state index in [4.69, 9.17) is 14.2 Å². The predicted molar refractivity (Wildman–Crippen MR) is 113 cm³/mol. The van der Waals surface area contributed by atoms with Crippen LogP contribution in [0.15, 0.2) is 55.0 Å². The van der Waals surface area contributed by atoms with Crippen molar-refractivity contribution in [2.75, 3.05) is 20.8 Å². The second-order valence-electron chi connectivity index (χ2n) is 6.49. The third-order valence-corrected chi connectivity index (χ3v) is 4.45. The molecule has 0 aliphatic carbocycles. The number of esters is 1. The molecule has 0 saturated carbocycles. The monoisotopic (exact) mass is 405 g/mol. The van der Waals surface area contributed by atoms with Gasteiger partial charge < -0.3 is 14.2 Å². The zero-order valence-electron chi connectivity index (χ0n) is 17.1. The van der Waals surface area contributed by atoms with Crippen LogP contribution in [0.4, 0.5) is 0 Å². The van der Waals surface area contributed by atoms with Crippen LogP contribution >= 0.6 is 0 Å². The average Bonchev–Trinajstić information content (AvgIpc) is 2.77. The Morgan fingerprint density at radius 2 is 1.90 bits per heavy atom. The lowest BCUT2D eigenvalue weighted by molar-refractivity contribution is -0.143. The summed E-state index contributed by atoms with van der Waals surface area (Å²) in [6, 6.07) is 12.8. The van der Waals surface area contributed by atoms with E-state index in [9.17, 15) is 4.79 Å². The number of para-hydroxylation sites is 1. The lowest BCUT2D eigenvalue weighted by Crippen LogP contribution is -2.19. The summed E-state index contributed by atoms with van der Waals surface area (Å²) < 4.78 is 16.1. The van der Waals surface area contributed by atoms with Gasteiger partial charge in [0.25, 0.3) is 0 Å². The van der Waals surface area contributed by atoms with Gasteiger partial charge in [0, 0.05) is 24.9 Å². The van der Waals surface area contributed by atoms with E-state index in [0.29, 0.717) is 22.9 Å². The van der Waals surface area contributed by atoms with Gasteiger partial charge in [-0.3, -0.25) is 9.78 Å². The van der Waals surface area contributed by atoms with E-state index in [1.165, 1.54) is 20.5 Å². The van der Waals surface area contributed by atoms with Crippen molar-refractivity contribution in [2.24, 2.45) is 0 Å². The molecule has 0 N–H and O–H groups in total. The van der Waals surface area contributed by atoms with Gasteiger partial charge in [-0.05, 0) is 36.8 Å². The lowest BCUT2D eigenvalue weighted by Gasteiger charge is -2.17. The fourth-order valence-corrected chi connectivity index (χ4v) is 2.90. The van der Waals surface area contributed by atoms with Crippen molar-refractivity contribution >= 4 is 18.1 Å². The molecule has 1 atom stereocenters. The van der Waals surface area contributed by atoms with E-state index >= 15 is 0 Å². The predicted octanol–water partition coefficient (Wildman–Crippen LogP) is 4.05. The SMILES string of the molecule is COCC(C(=O)OC)c1ccccc1Oc1cc(C=Cc2ncccc2C)ncn1. The van der Waals surface area contributed by atoms with Crippen molar-refractivity contribution in [2.45, 2.75) is 12.8 Å². The van der Waals surface area contributed by atoms with Crippen molar-refractivity contribution in [1.29, 1.82) is 0 Å². The minimum Gasteiger partial charge on any atom is -0.468 e. The molecule has 0 radical (unpaired) electrons. The first-order chi connectivity index (χ1) is 14.6. The molecule has 1 unspecified atom stereocenters. The Morgan fingerprint density at radius 1 is 1.07 bits per heavy atom. The summed E-state index contributed by atoms with van der Waals surface area (Å²) in [4.78, 5) is 25.0. The lowest BCUT2D eigenvalue weighted by atomic mass is 9.99. The summed E-state index contributed by atoms with van der Waals surface area (Å²) in [6.45, 7) is 2.17. The molecule has 0 amide bonds. The van der Waals surface area contributed by atoms with Gasteiger partial charge >= 0.3 is 5.97 Å². The summed E-state index contributed by atoms with van der Waals surface area (Å²) in [6.07, 6.45) is 6.91. The average molecular weight is 405 g/mol. The van der Waals surface area contributed by atoms with Gasteiger partial charge in [0.2, 0.25) is 5.88 Å². The molecule has 0 fully saturated rings. The van der Waals surface area contributed by atoms with Crippen LogP contribution in [-0.2, 0) is 14.3 Å². The first-order valence-corrected chi connectivity index (χ1v) is 9.37. The van der Waals surface area contributed by atoms with Crippen LogP contribution in [0.25, 0.3) is 12.2 Å². The second kappa shape index (κ2) is 10.3.